The molecule has 3 N–H and O–H groups in total. The second-order valence-electron chi connectivity index (χ2n) is 3.55. The van der Waals surface area contributed by atoms with Crippen molar-refractivity contribution in [3.8, 4) is 0 Å². The number of carboxylic acid groups (broad SMARTS) is 1. The lowest BCUT2D eigenvalue weighted by molar-refractivity contribution is -0.139. The lowest BCUT2D eigenvalue weighted by Crippen LogP contribution is -2.34. The van der Waals surface area contributed by atoms with Crippen molar-refractivity contribution in [2.75, 3.05) is 0 Å². The number of hydrogen-bond donors (Lipinski definition) is 2. The van der Waals surface area contributed by atoms with Crippen LogP contribution in [-0.2, 0) is 4.79 Å². The molecule has 0 spiro atoms. The zero-order valence-corrected chi connectivity index (χ0v) is 7.28. The van der Waals surface area contributed by atoms with Crippen LogP contribution in [0.1, 0.15) is 23.9 Å². The highest BCUT2D eigenvalue weighted by atomic mass is 16.4. The zero-order valence-electron chi connectivity index (χ0n) is 7.28. The molecule has 0 radical (unpaired) electrons. The summed E-state index contributed by atoms with van der Waals surface area (Å²) in [4.78, 5) is 10.7. The van der Waals surface area contributed by atoms with Crippen LogP contribution in [0.2, 0.25) is 0 Å². The normalized spacial score (nSPS) is 31.7. The first-order valence-electron chi connectivity index (χ1n) is 4.12. The van der Waals surface area contributed by atoms with Gasteiger partial charge in [0.15, 0.2) is 0 Å². The topological polar surface area (TPSA) is 76.5 Å². The summed E-state index contributed by atoms with van der Waals surface area (Å²) in [7, 11) is 0. The minimum atomic E-state index is -1.09. The Kier molecular flexibility index (Phi) is 1.51. The molecule has 13 heavy (non-hydrogen) atoms. The Labute approximate surface area is 75.3 Å². The SMILES string of the molecule is Cc1ccc([C@@H]2C[C@]2(N)C(=O)O)o1. The van der Waals surface area contributed by atoms with Gasteiger partial charge in [0.25, 0.3) is 0 Å². The molecule has 2 atom stereocenters. The Balaban J connectivity index is 2.20. The van der Waals surface area contributed by atoms with Crippen LogP contribution in [-0.4, -0.2) is 16.6 Å². The van der Waals surface area contributed by atoms with Crippen molar-refractivity contribution in [1.82, 2.24) is 0 Å². The molecule has 1 aliphatic carbocycles. The minimum Gasteiger partial charge on any atom is -0.480 e. The summed E-state index contributed by atoms with van der Waals surface area (Å²) in [5.41, 5.74) is 4.52. The van der Waals surface area contributed by atoms with Gasteiger partial charge >= 0.3 is 5.97 Å². The molecule has 1 saturated carbocycles. The van der Waals surface area contributed by atoms with Gasteiger partial charge in [0, 0.05) is 5.92 Å². The van der Waals surface area contributed by atoms with E-state index in [2.05, 4.69) is 0 Å². The second-order valence-corrected chi connectivity index (χ2v) is 3.55. The van der Waals surface area contributed by atoms with Gasteiger partial charge in [-0.3, -0.25) is 4.79 Å². The van der Waals surface area contributed by atoms with Crippen LogP contribution < -0.4 is 5.73 Å². The fourth-order valence-electron chi connectivity index (χ4n) is 1.51. The van der Waals surface area contributed by atoms with Crippen LogP contribution in [0.4, 0.5) is 0 Å². The molecule has 0 aromatic carbocycles. The first-order valence-corrected chi connectivity index (χ1v) is 4.12. The Hall–Kier alpha value is -1.29. The smallest absolute Gasteiger partial charge is 0.324 e. The molecule has 2 rings (SSSR count). The van der Waals surface area contributed by atoms with E-state index in [9.17, 15) is 4.79 Å². The molecule has 4 heteroatoms. The standard InChI is InChI=1S/C9H11NO3/c1-5-2-3-7(13-5)6-4-9(6,10)8(11)12/h2-3,6H,4,10H2,1H3,(H,11,12)/t6-,9+/m0/s1. The maximum atomic E-state index is 10.7. The molecular weight excluding hydrogens is 170 g/mol. The number of aliphatic carboxylic acids is 1. The maximum Gasteiger partial charge on any atom is 0.324 e. The van der Waals surface area contributed by atoms with Crippen LogP contribution in [0.25, 0.3) is 0 Å². The van der Waals surface area contributed by atoms with Crippen molar-refractivity contribution in [2.45, 2.75) is 24.8 Å². The van der Waals surface area contributed by atoms with Gasteiger partial charge in [0.05, 0.1) is 0 Å². The molecule has 4 nitrogen and oxygen atoms in total. The Morgan fingerprint density at radius 2 is 2.46 bits per heavy atom. The van der Waals surface area contributed by atoms with Crippen molar-refractivity contribution in [3.05, 3.63) is 23.7 Å². The third-order valence-corrected chi connectivity index (χ3v) is 2.51. The third kappa shape index (κ3) is 1.14. The van der Waals surface area contributed by atoms with Gasteiger partial charge in [0.1, 0.15) is 17.1 Å². The third-order valence-electron chi connectivity index (χ3n) is 2.51. The first kappa shape index (κ1) is 8.31. The Morgan fingerprint density at radius 1 is 1.77 bits per heavy atom. The van der Waals surface area contributed by atoms with Gasteiger partial charge in [-0.2, -0.15) is 0 Å². The Morgan fingerprint density at radius 3 is 2.85 bits per heavy atom. The molecule has 1 aromatic rings. The van der Waals surface area contributed by atoms with Gasteiger partial charge in [-0.15, -0.1) is 0 Å². The number of carbonyl (C=O) groups is 1. The monoisotopic (exact) mass is 181 g/mol. The highest BCUT2D eigenvalue weighted by Crippen LogP contribution is 2.49. The molecule has 0 aliphatic heterocycles. The average molecular weight is 181 g/mol. The number of furan rings is 1. The van der Waals surface area contributed by atoms with Crippen LogP contribution in [0.3, 0.4) is 0 Å². The van der Waals surface area contributed by atoms with E-state index in [-0.39, 0.29) is 5.92 Å². The zero-order chi connectivity index (χ0) is 9.64. The van der Waals surface area contributed by atoms with Gasteiger partial charge in [-0.1, -0.05) is 0 Å². The molecule has 1 aromatic heterocycles. The molecule has 0 amide bonds. The lowest BCUT2D eigenvalue weighted by Gasteiger charge is -2.01. The molecular formula is C9H11NO3. The van der Waals surface area contributed by atoms with Crippen molar-refractivity contribution in [1.29, 1.82) is 0 Å². The summed E-state index contributed by atoms with van der Waals surface area (Å²) >= 11 is 0. The summed E-state index contributed by atoms with van der Waals surface area (Å²) < 4.78 is 5.31. The lowest BCUT2D eigenvalue weighted by atomic mass is 10.2. The second kappa shape index (κ2) is 2.35. The van der Waals surface area contributed by atoms with E-state index >= 15 is 0 Å². The van der Waals surface area contributed by atoms with E-state index < -0.39 is 11.5 Å². The fourth-order valence-corrected chi connectivity index (χ4v) is 1.51. The summed E-state index contributed by atoms with van der Waals surface area (Å²) in [5, 5.41) is 8.78. The first-order chi connectivity index (χ1) is 6.04. The van der Waals surface area contributed by atoms with Gasteiger partial charge in [0.2, 0.25) is 0 Å². The molecule has 1 aliphatic rings. The van der Waals surface area contributed by atoms with Gasteiger partial charge in [-0.25, -0.2) is 0 Å². The van der Waals surface area contributed by atoms with Crippen LogP contribution in [0.5, 0.6) is 0 Å². The van der Waals surface area contributed by atoms with Gasteiger partial charge in [-0.05, 0) is 25.5 Å². The predicted molar refractivity (Wildman–Crippen MR) is 45.4 cm³/mol. The van der Waals surface area contributed by atoms with E-state index in [1.807, 2.05) is 13.0 Å². The van der Waals surface area contributed by atoms with Crippen LogP contribution in [0.15, 0.2) is 16.5 Å². The van der Waals surface area contributed by atoms with E-state index in [0.29, 0.717) is 12.2 Å². The summed E-state index contributed by atoms with van der Waals surface area (Å²) in [5.74, 6) is 0.363. The van der Waals surface area contributed by atoms with Gasteiger partial charge < -0.3 is 15.3 Å². The van der Waals surface area contributed by atoms with Crippen molar-refractivity contribution < 1.29 is 14.3 Å². The Bertz CT molecular complexity index is 357. The highest BCUT2D eigenvalue weighted by molar-refractivity contribution is 5.84. The maximum absolute atomic E-state index is 10.7. The molecule has 1 heterocycles. The summed E-state index contributed by atoms with van der Waals surface area (Å²) in [6.07, 6.45) is 0.468. The molecule has 0 bridgehead atoms. The van der Waals surface area contributed by atoms with E-state index in [1.165, 1.54) is 0 Å². The van der Waals surface area contributed by atoms with E-state index in [4.69, 9.17) is 15.3 Å². The van der Waals surface area contributed by atoms with Crippen molar-refractivity contribution in [2.24, 2.45) is 5.73 Å². The quantitative estimate of drug-likeness (QED) is 0.709. The molecule has 1 fully saturated rings. The van der Waals surface area contributed by atoms with Crippen molar-refractivity contribution >= 4 is 5.97 Å². The number of nitrogens with two attached hydrogens (primary N) is 1. The minimum absolute atomic E-state index is 0.154. The number of carboxylic acids is 1. The highest BCUT2D eigenvalue weighted by Gasteiger charge is 2.59. The van der Waals surface area contributed by atoms with Crippen LogP contribution in [0, 0.1) is 6.92 Å². The van der Waals surface area contributed by atoms with Crippen molar-refractivity contribution in [3.63, 3.8) is 0 Å². The number of hydrogen-bond acceptors (Lipinski definition) is 3. The largest absolute Gasteiger partial charge is 0.480 e. The van der Waals surface area contributed by atoms with E-state index in [1.54, 1.807) is 6.07 Å². The van der Waals surface area contributed by atoms with Crippen LogP contribution >= 0.6 is 0 Å². The van der Waals surface area contributed by atoms with E-state index in [0.717, 1.165) is 5.76 Å². The molecule has 0 saturated heterocycles. The average Bonchev–Trinajstić information content (AvgIpc) is 2.55. The number of rotatable bonds is 2. The fraction of sp³-hybridized carbons (Fsp3) is 0.444. The summed E-state index contributed by atoms with van der Waals surface area (Å²) in [6, 6.07) is 3.60. The predicted octanol–water partition coefficient (Wildman–Crippen LogP) is 0.857. The molecule has 0 unspecified atom stereocenters. The summed E-state index contributed by atoms with van der Waals surface area (Å²) in [6.45, 7) is 1.82. The number of aryl methyl sites for hydroxylation is 1. The molecule has 70 valence electrons.